The van der Waals surface area contributed by atoms with Gasteiger partial charge in [-0.3, -0.25) is 0 Å². The van der Waals surface area contributed by atoms with E-state index in [0.717, 1.165) is 6.42 Å². The normalized spacial score (nSPS) is 26.4. The molecule has 0 saturated carbocycles. The van der Waals surface area contributed by atoms with E-state index in [2.05, 4.69) is 0 Å². The van der Waals surface area contributed by atoms with Crippen molar-refractivity contribution in [2.45, 2.75) is 24.9 Å². The summed E-state index contributed by atoms with van der Waals surface area (Å²) in [4.78, 5) is 0. The molecule has 88 valence electrons. The second-order valence-electron chi connectivity index (χ2n) is 4.12. The van der Waals surface area contributed by atoms with E-state index < -0.39 is 5.60 Å². The summed E-state index contributed by atoms with van der Waals surface area (Å²) in [7, 11) is 0. The SMILES string of the molecule is OC1(c2cc(F)ccc2Cl)CCCOCC1. The van der Waals surface area contributed by atoms with Crippen LogP contribution in [0.4, 0.5) is 4.39 Å². The Morgan fingerprint density at radius 1 is 1.31 bits per heavy atom. The maximum Gasteiger partial charge on any atom is 0.123 e. The van der Waals surface area contributed by atoms with Gasteiger partial charge in [0.15, 0.2) is 0 Å². The van der Waals surface area contributed by atoms with E-state index in [-0.39, 0.29) is 5.82 Å². The van der Waals surface area contributed by atoms with Crippen LogP contribution in [0, 0.1) is 5.82 Å². The van der Waals surface area contributed by atoms with Crippen molar-refractivity contribution in [1.82, 2.24) is 0 Å². The molecule has 1 unspecified atom stereocenters. The second kappa shape index (κ2) is 4.70. The van der Waals surface area contributed by atoms with E-state index in [1.807, 2.05) is 0 Å². The van der Waals surface area contributed by atoms with Crippen LogP contribution in [-0.4, -0.2) is 18.3 Å². The van der Waals surface area contributed by atoms with Crippen molar-refractivity contribution in [1.29, 1.82) is 0 Å². The molecule has 1 atom stereocenters. The Kier molecular flexibility index (Phi) is 3.47. The van der Waals surface area contributed by atoms with Gasteiger partial charge >= 0.3 is 0 Å². The minimum Gasteiger partial charge on any atom is -0.385 e. The zero-order valence-corrected chi connectivity index (χ0v) is 9.63. The second-order valence-corrected chi connectivity index (χ2v) is 4.53. The van der Waals surface area contributed by atoms with Gasteiger partial charge in [0.05, 0.1) is 5.60 Å². The third kappa shape index (κ3) is 2.37. The Hall–Kier alpha value is -0.640. The largest absolute Gasteiger partial charge is 0.385 e. The first-order valence-electron chi connectivity index (χ1n) is 5.37. The fourth-order valence-electron chi connectivity index (χ4n) is 2.06. The zero-order valence-electron chi connectivity index (χ0n) is 8.88. The first-order chi connectivity index (χ1) is 7.62. The Morgan fingerprint density at radius 2 is 2.12 bits per heavy atom. The first kappa shape index (κ1) is 11.8. The third-order valence-electron chi connectivity index (χ3n) is 2.97. The molecule has 0 bridgehead atoms. The van der Waals surface area contributed by atoms with Crippen LogP contribution in [-0.2, 0) is 10.3 Å². The van der Waals surface area contributed by atoms with Crippen LogP contribution in [0.3, 0.4) is 0 Å². The number of hydrogen-bond donors (Lipinski definition) is 1. The number of aliphatic hydroxyl groups is 1. The van der Waals surface area contributed by atoms with E-state index >= 15 is 0 Å². The monoisotopic (exact) mass is 244 g/mol. The Labute approximate surface area is 99.0 Å². The maximum absolute atomic E-state index is 13.2. The highest BCUT2D eigenvalue weighted by atomic mass is 35.5. The molecule has 1 N–H and O–H groups in total. The molecule has 4 heteroatoms. The van der Waals surface area contributed by atoms with Gasteiger partial charge in [0.25, 0.3) is 0 Å². The summed E-state index contributed by atoms with van der Waals surface area (Å²) in [5, 5.41) is 10.9. The van der Waals surface area contributed by atoms with Crippen LogP contribution in [0.15, 0.2) is 18.2 Å². The molecule has 1 aromatic rings. The Morgan fingerprint density at radius 3 is 2.94 bits per heavy atom. The van der Waals surface area contributed by atoms with E-state index in [1.54, 1.807) is 0 Å². The molecule has 0 aliphatic carbocycles. The minimum atomic E-state index is -1.06. The van der Waals surface area contributed by atoms with Gasteiger partial charge in [0.2, 0.25) is 0 Å². The van der Waals surface area contributed by atoms with Gasteiger partial charge < -0.3 is 9.84 Å². The molecule has 0 amide bonds. The van der Waals surface area contributed by atoms with Crippen molar-refractivity contribution in [2.24, 2.45) is 0 Å². The van der Waals surface area contributed by atoms with Gasteiger partial charge in [-0.05, 0) is 31.0 Å². The first-order valence-corrected chi connectivity index (χ1v) is 5.75. The van der Waals surface area contributed by atoms with Crippen molar-refractivity contribution in [2.75, 3.05) is 13.2 Å². The lowest BCUT2D eigenvalue weighted by Gasteiger charge is -2.27. The summed E-state index contributed by atoms with van der Waals surface area (Å²) in [6.45, 7) is 1.11. The average Bonchev–Trinajstić information content (AvgIpc) is 2.48. The zero-order chi connectivity index (χ0) is 11.6. The van der Waals surface area contributed by atoms with Gasteiger partial charge in [-0.2, -0.15) is 0 Å². The Bertz CT molecular complexity index is 373. The molecule has 0 radical (unpaired) electrons. The summed E-state index contributed by atoms with van der Waals surface area (Å²) in [6.07, 6.45) is 1.76. The summed E-state index contributed by atoms with van der Waals surface area (Å²) in [5.41, 5.74) is -0.588. The highest BCUT2D eigenvalue weighted by Crippen LogP contribution is 2.36. The lowest BCUT2D eigenvalue weighted by molar-refractivity contribution is 0.0142. The molecular weight excluding hydrogens is 231 g/mol. The van der Waals surface area contributed by atoms with Crippen molar-refractivity contribution in [3.05, 3.63) is 34.6 Å². The predicted octanol–water partition coefficient (Wildman–Crippen LogP) is 2.87. The van der Waals surface area contributed by atoms with E-state index in [4.69, 9.17) is 16.3 Å². The van der Waals surface area contributed by atoms with Gasteiger partial charge in [-0.25, -0.2) is 4.39 Å². The standard InChI is InChI=1S/C12H14ClFO2/c13-11-3-2-9(14)8-10(11)12(15)4-1-6-16-7-5-12/h2-3,8,15H,1,4-7H2. The van der Waals surface area contributed by atoms with Crippen LogP contribution in [0.25, 0.3) is 0 Å². The highest BCUT2D eigenvalue weighted by Gasteiger charge is 2.32. The van der Waals surface area contributed by atoms with Crippen LogP contribution in [0.5, 0.6) is 0 Å². The van der Waals surface area contributed by atoms with Gasteiger partial charge in [-0.15, -0.1) is 0 Å². The molecule has 1 aliphatic rings. The van der Waals surface area contributed by atoms with Crippen molar-refractivity contribution in [3.63, 3.8) is 0 Å². The van der Waals surface area contributed by atoms with Gasteiger partial charge in [0.1, 0.15) is 5.82 Å². The molecule has 1 fully saturated rings. The highest BCUT2D eigenvalue weighted by molar-refractivity contribution is 6.31. The predicted molar refractivity (Wildman–Crippen MR) is 60.0 cm³/mol. The number of benzene rings is 1. The van der Waals surface area contributed by atoms with Crippen molar-refractivity contribution < 1.29 is 14.2 Å². The molecule has 1 aliphatic heterocycles. The molecule has 0 aromatic heterocycles. The Balaban J connectivity index is 2.36. The lowest BCUT2D eigenvalue weighted by atomic mass is 9.87. The topological polar surface area (TPSA) is 29.5 Å². The molecule has 2 nitrogen and oxygen atoms in total. The lowest BCUT2D eigenvalue weighted by Crippen LogP contribution is -2.26. The molecule has 0 spiro atoms. The van der Waals surface area contributed by atoms with Gasteiger partial charge in [-0.1, -0.05) is 11.6 Å². The van der Waals surface area contributed by atoms with Gasteiger partial charge in [0, 0.05) is 30.2 Å². The molecule has 16 heavy (non-hydrogen) atoms. The van der Waals surface area contributed by atoms with Crippen LogP contribution in [0.2, 0.25) is 5.02 Å². The third-order valence-corrected chi connectivity index (χ3v) is 3.30. The van der Waals surface area contributed by atoms with Crippen LogP contribution >= 0.6 is 11.6 Å². The quantitative estimate of drug-likeness (QED) is 0.823. The van der Waals surface area contributed by atoms with E-state index in [0.29, 0.717) is 36.6 Å². The fraction of sp³-hybridized carbons (Fsp3) is 0.500. The number of hydrogen-bond acceptors (Lipinski definition) is 2. The minimum absolute atomic E-state index is 0.377. The number of ether oxygens (including phenoxy) is 1. The maximum atomic E-state index is 13.2. The van der Waals surface area contributed by atoms with Crippen molar-refractivity contribution in [3.8, 4) is 0 Å². The number of rotatable bonds is 1. The summed E-state index contributed by atoms with van der Waals surface area (Å²) in [5.74, 6) is -0.377. The smallest absolute Gasteiger partial charge is 0.123 e. The van der Waals surface area contributed by atoms with Crippen LogP contribution < -0.4 is 0 Å². The summed E-state index contributed by atoms with van der Waals surface area (Å²) >= 11 is 6.01. The molecule has 1 aromatic carbocycles. The summed E-state index contributed by atoms with van der Waals surface area (Å²) < 4.78 is 18.5. The molecule has 1 heterocycles. The van der Waals surface area contributed by atoms with Crippen LogP contribution in [0.1, 0.15) is 24.8 Å². The molecular formula is C12H14ClFO2. The molecule has 1 saturated heterocycles. The molecule has 2 rings (SSSR count). The summed E-state index contributed by atoms with van der Waals surface area (Å²) in [6, 6.07) is 4.09. The van der Waals surface area contributed by atoms with E-state index in [9.17, 15) is 9.50 Å². The fourth-order valence-corrected chi connectivity index (χ4v) is 2.35. The number of halogens is 2. The van der Waals surface area contributed by atoms with Crippen molar-refractivity contribution >= 4 is 11.6 Å². The average molecular weight is 245 g/mol. The van der Waals surface area contributed by atoms with E-state index in [1.165, 1.54) is 18.2 Å².